The van der Waals surface area contributed by atoms with E-state index >= 15 is 0 Å². The van der Waals surface area contributed by atoms with Crippen molar-refractivity contribution < 1.29 is 9.90 Å². The smallest absolute Gasteiger partial charge is 0.323 e. The van der Waals surface area contributed by atoms with Crippen LogP contribution in [-0.2, 0) is 4.79 Å². The molecule has 1 aliphatic rings. The van der Waals surface area contributed by atoms with E-state index in [4.69, 9.17) is 0 Å². The third-order valence-corrected chi connectivity index (χ3v) is 5.38. The summed E-state index contributed by atoms with van der Waals surface area (Å²) in [4.78, 5) is 14.0. The van der Waals surface area contributed by atoms with Crippen molar-refractivity contribution in [3.63, 3.8) is 0 Å². The van der Waals surface area contributed by atoms with E-state index in [9.17, 15) is 9.90 Å². The zero-order valence-corrected chi connectivity index (χ0v) is 14.3. The summed E-state index contributed by atoms with van der Waals surface area (Å²) < 4.78 is 0. The number of hydrogen-bond donors (Lipinski definition) is 2. The zero-order valence-electron chi connectivity index (χ0n) is 14.3. The molecular weight excluding hydrogens is 264 g/mol. The van der Waals surface area contributed by atoms with E-state index in [0.29, 0.717) is 12.8 Å². The van der Waals surface area contributed by atoms with Crippen LogP contribution in [0.1, 0.15) is 59.3 Å². The topological polar surface area (TPSA) is 52.6 Å². The van der Waals surface area contributed by atoms with Gasteiger partial charge in [-0.25, -0.2) is 0 Å². The number of hydrogen-bond acceptors (Lipinski definition) is 3. The maximum atomic E-state index is 11.5. The molecule has 4 heteroatoms. The maximum absolute atomic E-state index is 11.5. The van der Waals surface area contributed by atoms with Gasteiger partial charge in [0.05, 0.1) is 0 Å². The number of carbonyl (C=O) groups is 1. The van der Waals surface area contributed by atoms with Crippen molar-refractivity contribution in [1.82, 2.24) is 10.2 Å². The average Bonchev–Trinajstić information content (AvgIpc) is 2.69. The standard InChI is InChI=1S/C17H34N2O2/c1-5-17(18-4,16(20)21)10-7-12-19-11-6-8-15(9-13-19)14(2)3/h14-15,18H,5-13H2,1-4H3,(H,20,21). The van der Waals surface area contributed by atoms with Gasteiger partial charge in [0, 0.05) is 0 Å². The predicted molar refractivity (Wildman–Crippen MR) is 87.6 cm³/mol. The highest BCUT2D eigenvalue weighted by Gasteiger charge is 2.34. The van der Waals surface area contributed by atoms with Crippen molar-refractivity contribution in [1.29, 1.82) is 0 Å². The van der Waals surface area contributed by atoms with Gasteiger partial charge >= 0.3 is 5.97 Å². The summed E-state index contributed by atoms with van der Waals surface area (Å²) in [6.07, 6.45) is 6.22. The molecule has 0 saturated carbocycles. The summed E-state index contributed by atoms with van der Waals surface area (Å²) in [5.74, 6) is 0.929. The first kappa shape index (κ1) is 18.4. The van der Waals surface area contributed by atoms with E-state index in [-0.39, 0.29) is 0 Å². The van der Waals surface area contributed by atoms with E-state index in [1.54, 1.807) is 7.05 Å². The second kappa shape index (κ2) is 8.74. The number of nitrogens with zero attached hydrogens (tertiary/aromatic N) is 1. The van der Waals surface area contributed by atoms with Crippen LogP contribution in [0.4, 0.5) is 0 Å². The Balaban J connectivity index is 2.40. The first-order chi connectivity index (χ1) is 9.95. The fraction of sp³-hybridized carbons (Fsp3) is 0.941. The molecule has 1 aliphatic heterocycles. The van der Waals surface area contributed by atoms with Crippen molar-refractivity contribution in [2.24, 2.45) is 11.8 Å². The lowest BCUT2D eigenvalue weighted by molar-refractivity contribution is -0.145. The minimum atomic E-state index is -0.744. The van der Waals surface area contributed by atoms with E-state index in [1.165, 1.54) is 32.4 Å². The Labute approximate surface area is 130 Å². The molecule has 1 saturated heterocycles. The number of carboxylic acid groups (broad SMARTS) is 1. The van der Waals surface area contributed by atoms with Crippen LogP contribution in [0.2, 0.25) is 0 Å². The number of aliphatic carboxylic acids is 1. The molecule has 2 atom stereocenters. The molecule has 0 aromatic carbocycles. The lowest BCUT2D eigenvalue weighted by atomic mass is 9.89. The Bertz CT molecular complexity index is 314. The van der Waals surface area contributed by atoms with Crippen molar-refractivity contribution in [2.45, 2.75) is 64.8 Å². The molecule has 0 aromatic heterocycles. The van der Waals surface area contributed by atoms with Gasteiger partial charge in [0.15, 0.2) is 0 Å². The first-order valence-corrected chi connectivity index (χ1v) is 8.60. The van der Waals surface area contributed by atoms with Gasteiger partial charge in [0.25, 0.3) is 0 Å². The second-order valence-corrected chi connectivity index (χ2v) is 6.87. The number of rotatable bonds is 8. The molecule has 0 aliphatic carbocycles. The fourth-order valence-electron chi connectivity index (χ4n) is 3.52. The third-order valence-electron chi connectivity index (χ3n) is 5.38. The van der Waals surface area contributed by atoms with Crippen LogP contribution < -0.4 is 5.32 Å². The largest absolute Gasteiger partial charge is 0.480 e. The van der Waals surface area contributed by atoms with Crippen LogP contribution in [0.3, 0.4) is 0 Å². The normalized spacial score (nSPS) is 23.8. The molecule has 0 amide bonds. The Hall–Kier alpha value is -0.610. The van der Waals surface area contributed by atoms with Crippen LogP contribution in [0.15, 0.2) is 0 Å². The van der Waals surface area contributed by atoms with Crippen LogP contribution in [0.25, 0.3) is 0 Å². The van der Waals surface area contributed by atoms with Gasteiger partial charge < -0.3 is 15.3 Å². The van der Waals surface area contributed by atoms with Crippen molar-refractivity contribution in [2.75, 3.05) is 26.7 Å². The lowest BCUT2D eigenvalue weighted by Crippen LogP contribution is -2.50. The number of carboxylic acids is 1. The second-order valence-electron chi connectivity index (χ2n) is 6.87. The predicted octanol–water partition coefficient (Wildman–Crippen LogP) is 2.98. The highest BCUT2D eigenvalue weighted by molar-refractivity contribution is 5.78. The molecule has 1 rings (SSSR count). The molecule has 0 spiro atoms. The Morgan fingerprint density at radius 2 is 2.10 bits per heavy atom. The molecule has 4 nitrogen and oxygen atoms in total. The van der Waals surface area contributed by atoms with Crippen LogP contribution in [0, 0.1) is 11.8 Å². The number of nitrogens with one attached hydrogen (secondary N) is 1. The number of likely N-dealkylation sites (N-methyl/N-ethyl adjacent to an activating group) is 1. The summed E-state index contributed by atoms with van der Waals surface area (Å²) in [5.41, 5.74) is -0.744. The van der Waals surface area contributed by atoms with Crippen LogP contribution in [-0.4, -0.2) is 48.2 Å². The quantitative estimate of drug-likeness (QED) is 0.723. The van der Waals surface area contributed by atoms with E-state index in [1.807, 2.05) is 6.92 Å². The van der Waals surface area contributed by atoms with Crippen molar-refractivity contribution in [3.8, 4) is 0 Å². The minimum absolute atomic E-state index is 0.633. The molecule has 21 heavy (non-hydrogen) atoms. The monoisotopic (exact) mass is 298 g/mol. The van der Waals surface area contributed by atoms with Crippen LogP contribution >= 0.6 is 0 Å². The van der Waals surface area contributed by atoms with Gasteiger partial charge in [-0.1, -0.05) is 20.8 Å². The fourth-order valence-corrected chi connectivity index (χ4v) is 3.52. The first-order valence-electron chi connectivity index (χ1n) is 8.60. The maximum Gasteiger partial charge on any atom is 0.323 e. The molecule has 124 valence electrons. The van der Waals surface area contributed by atoms with Crippen molar-refractivity contribution in [3.05, 3.63) is 0 Å². The van der Waals surface area contributed by atoms with E-state index in [0.717, 1.165) is 24.8 Å². The summed E-state index contributed by atoms with van der Waals surface area (Å²) >= 11 is 0. The molecule has 2 N–H and O–H groups in total. The summed E-state index contributed by atoms with van der Waals surface area (Å²) in [6.45, 7) is 9.99. The van der Waals surface area contributed by atoms with Gasteiger partial charge in [0.1, 0.15) is 5.54 Å². The highest BCUT2D eigenvalue weighted by Crippen LogP contribution is 2.25. The molecule has 0 aromatic rings. The van der Waals surface area contributed by atoms with Crippen LogP contribution in [0.5, 0.6) is 0 Å². The minimum Gasteiger partial charge on any atom is -0.480 e. The highest BCUT2D eigenvalue weighted by atomic mass is 16.4. The number of likely N-dealkylation sites (tertiary alicyclic amines) is 1. The molecule has 1 heterocycles. The summed E-state index contributed by atoms with van der Waals surface area (Å²) in [5, 5.41) is 12.4. The lowest BCUT2D eigenvalue weighted by Gasteiger charge is -2.29. The van der Waals surface area contributed by atoms with Gasteiger partial charge in [-0.05, 0) is 77.0 Å². The Morgan fingerprint density at radius 3 is 2.62 bits per heavy atom. The zero-order chi connectivity index (χ0) is 15.9. The summed E-state index contributed by atoms with van der Waals surface area (Å²) in [6, 6.07) is 0. The Morgan fingerprint density at radius 1 is 1.38 bits per heavy atom. The molecule has 2 unspecified atom stereocenters. The summed E-state index contributed by atoms with van der Waals surface area (Å²) in [7, 11) is 1.76. The van der Waals surface area contributed by atoms with Gasteiger partial charge in [-0.2, -0.15) is 0 Å². The SMILES string of the molecule is CCC(CCCN1CCCC(C(C)C)CC1)(NC)C(=O)O. The molecule has 0 bridgehead atoms. The van der Waals surface area contributed by atoms with E-state index in [2.05, 4.69) is 24.1 Å². The molecule has 1 fully saturated rings. The van der Waals surface area contributed by atoms with Gasteiger partial charge in [-0.15, -0.1) is 0 Å². The average molecular weight is 298 g/mol. The van der Waals surface area contributed by atoms with Crippen molar-refractivity contribution >= 4 is 5.97 Å². The molecular formula is C17H34N2O2. The Kier molecular flexibility index (Phi) is 7.67. The van der Waals surface area contributed by atoms with Gasteiger partial charge in [0.2, 0.25) is 0 Å². The van der Waals surface area contributed by atoms with Gasteiger partial charge in [-0.3, -0.25) is 4.79 Å². The third kappa shape index (κ3) is 5.26. The molecule has 0 radical (unpaired) electrons. The van der Waals surface area contributed by atoms with E-state index < -0.39 is 11.5 Å².